The monoisotopic (exact) mass is 276 g/mol. The Morgan fingerprint density at radius 2 is 1.55 bits per heavy atom. The van der Waals surface area contributed by atoms with Crippen LogP contribution in [0.2, 0.25) is 0 Å². The zero-order chi connectivity index (χ0) is 14.6. The van der Waals surface area contributed by atoms with Gasteiger partial charge in [-0.1, -0.05) is 77.3 Å². The highest BCUT2D eigenvalue weighted by Gasteiger charge is 2.09. The van der Waals surface area contributed by atoms with E-state index in [1.807, 2.05) is 0 Å². The van der Waals surface area contributed by atoms with E-state index in [0.29, 0.717) is 0 Å². The van der Waals surface area contributed by atoms with Crippen LogP contribution in [-0.4, -0.2) is 7.11 Å². The second-order valence-corrected chi connectivity index (χ2v) is 5.91. The van der Waals surface area contributed by atoms with E-state index < -0.39 is 0 Å². The van der Waals surface area contributed by atoms with Crippen molar-refractivity contribution in [1.82, 2.24) is 0 Å². The Bertz CT molecular complexity index is 328. The molecule has 1 heteroatoms. The van der Waals surface area contributed by atoms with E-state index in [1.54, 1.807) is 7.11 Å². The summed E-state index contributed by atoms with van der Waals surface area (Å²) in [5.74, 6) is 1.82. The van der Waals surface area contributed by atoms with Crippen LogP contribution >= 0.6 is 0 Å². The van der Waals surface area contributed by atoms with Crippen LogP contribution in [0.1, 0.15) is 70.8 Å². The van der Waals surface area contributed by atoms with Gasteiger partial charge in [0.25, 0.3) is 0 Å². The van der Waals surface area contributed by atoms with Crippen LogP contribution < -0.4 is 4.74 Å². The summed E-state index contributed by atoms with van der Waals surface area (Å²) in [5, 5.41) is 0. The average Bonchev–Trinajstić information content (AvgIpc) is 2.48. The van der Waals surface area contributed by atoms with Crippen molar-refractivity contribution in [2.75, 3.05) is 7.11 Å². The largest absolute Gasteiger partial charge is 0.497 e. The van der Waals surface area contributed by atoms with Crippen molar-refractivity contribution in [2.24, 2.45) is 5.92 Å². The van der Waals surface area contributed by atoms with Gasteiger partial charge in [0.2, 0.25) is 0 Å². The van der Waals surface area contributed by atoms with E-state index in [4.69, 9.17) is 4.74 Å². The van der Waals surface area contributed by atoms with Gasteiger partial charge in [-0.3, -0.25) is 0 Å². The number of benzene rings is 1. The van der Waals surface area contributed by atoms with Crippen LogP contribution in [-0.2, 0) is 6.42 Å². The standard InChI is InChI=1S/C19H32O/c1-4-6-7-8-9-11-17(10-5-2)16-18-12-14-19(20-3)15-13-18/h12-15,17H,4-11,16H2,1-3H3. The van der Waals surface area contributed by atoms with Crippen LogP contribution in [0.15, 0.2) is 24.3 Å². The van der Waals surface area contributed by atoms with E-state index in [9.17, 15) is 0 Å². The highest BCUT2D eigenvalue weighted by atomic mass is 16.5. The third-order valence-corrected chi connectivity index (χ3v) is 4.10. The van der Waals surface area contributed by atoms with Crippen molar-refractivity contribution < 1.29 is 4.74 Å². The molecular formula is C19H32O. The molecule has 0 aliphatic heterocycles. The van der Waals surface area contributed by atoms with Crippen LogP contribution in [0, 0.1) is 5.92 Å². The molecule has 1 aromatic rings. The van der Waals surface area contributed by atoms with Gasteiger partial charge in [0.15, 0.2) is 0 Å². The minimum Gasteiger partial charge on any atom is -0.497 e. The lowest BCUT2D eigenvalue weighted by atomic mass is 9.90. The number of rotatable bonds is 11. The minimum absolute atomic E-state index is 0.857. The molecule has 1 nitrogen and oxygen atoms in total. The molecule has 0 spiro atoms. The predicted octanol–water partition coefficient (Wildman–Crippen LogP) is 6.01. The fourth-order valence-electron chi connectivity index (χ4n) is 2.89. The lowest BCUT2D eigenvalue weighted by Crippen LogP contribution is -2.04. The number of unbranched alkanes of at least 4 members (excludes halogenated alkanes) is 4. The molecule has 1 atom stereocenters. The average molecular weight is 276 g/mol. The SMILES string of the molecule is CCCCCCCC(CCC)Cc1ccc(OC)cc1. The lowest BCUT2D eigenvalue weighted by molar-refractivity contribution is 0.411. The number of ether oxygens (including phenoxy) is 1. The number of hydrogen-bond donors (Lipinski definition) is 0. The molecule has 0 N–H and O–H groups in total. The summed E-state index contributed by atoms with van der Waals surface area (Å²) in [6.07, 6.45) is 12.3. The second-order valence-electron chi connectivity index (χ2n) is 5.91. The van der Waals surface area contributed by atoms with E-state index >= 15 is 0 Å². The normalized spacial score (nSPS) is 12.3. The van der Waals surface area contributed by atoms with E-state index in [2.05, 4.69) is 38.1 Å². The van der Waals surface area contributed by atoms with Gasteiger partial charge in [0.05, 0.1) is 7.11 Å². The first-order chi connectivity index (χ1) is 9.80. The number of methoxy groups -OCH3 is 1. The quantitative estimate of drug-likeness (QED) is 0.449. The van der Waals surface area contributed by atoms with Crippen LogP contribution in [0.3, 0.4) is 0 Å². The third kappa shape index (κ3) is 6.98. The van der Waals surface area contributed by atoms with E-state index in [-0.39, 0.29) is 0 Å². The van der Waals surface area contributed by atoms with Gasteiger partial charge in [-0.25, -0.2) is 0 Å². The molecule has 0 aromatic heterocycles. The molecule has 0 saturated carbocycles. The van der Waals surface area contributed by atoms with Crippen molar-refractivity contribution in [3.8, 4) is 5.75 Å². The summed E-state index contributed by atoms with van der Waals surface area (Å²) in [6.45, 7) is 4.58. The first-order valence-corrected chi connectivity index (χ1v) is 8.43. The molecule has 0 radical (unpaired) electrons. The molecule has 0 aliphatic carbocycles. The van der Waals surface area contributed by atoms with Gasteiger partial charge in [-0.05, 0) is 30.0 Å². The Morgan fingerprint density at radius 1 is 0.850 bits per heavy atom. The van der Waals surface area contributed by atoms with Crippen LogP contribution in [0.5, 0.6) is 5.75 Å². The molecule has 114 valence electrons. The Kier molecular flexibility index (Phi) is 9.19. The summed E-state index contributed by atoms with van der Waals surface area (Å²) in [7, 11) is 1.73. The van der Waals surface area contributed by atoms with Crippen LogP contribution in [0.4, 0.5) is 0 Å². The maximum absolute atomic E-state index is 5.22. The summed E-state index contributed by atoms with van der Waals surface area (Å²) >= 11 is 0. The molecule has 0 amide bonds. The highest BCUT2D eigenvalue weighted by molar-refractivity contribution is 5.27. The van der Waals surface area contributed by atoms with Gasteiger partial charge in [0.1, 0.15) is 5.75 Å². The van der Waals surface area contributed by atoms with E-state index in [1.165, 1.54) is 63.4 Å². The highest BCUT2D eigenvalue weighted by Crippen LogP contribution is 2.22. The molecular weight excluding hydrogens is 244 g/mol. The number of hydrogen-bond acceptors (Lipinski definition) is 1. The third-order valence-electron chi connectivity index (χ3n) is 4.10. The van der Waals surface area contributed by atoms with Gasteiger partial charge < -0.3 is 4.74 Å². The van der Waals surface area contributed by atoms with Gasteiger partial charge in [-0.2, -0.15) is 0 Å². The first kappa shape index (κ1) is 17.1. The van der Waals surface area contributed by atoms with Crippen molar-refractivity contribution in [3.63, 3.8) is 0 Å². The summed E-state index contributed by atoms with van der Waals surface area (Å²) in [6, 6.07) is 8.61. The molecule has 1 rings (SSSR count). The second kappa shape index (κ2) is 10.8. The molecule has 0 aliphatic rings. The maximum atomic E-state index is 5.22. The molecule has 0 fully saturated rings. The summed E-state index contributed by atoms with van der Waals surface area (Å²) in [5.41, 5.74) is 1.46. The fraction of sp³-hybridized carbons (Fsp3) is 0.684. The van der Waals surface area contributed by atoms with Gasteiger partial charge in [0, 0.05) is 0 Å². The lowest BCUT2D eigenvalue weighted by Gasteiger charge is -2.16. The Labute approximate surface area is 125 Å². The van der Waals surface area contributed by atoms with Gasteiger partial charge >= 0.3 is 0 Å². The van der Waals surface area contributed by atoms with Crippen molar-refractivity contribution in [2.45, 2.75) is 71.6 Å². The Hall–Kier alpha value is -0.980. The topological polar surface area (TPSA) is 9.23 Å². The van der Waals surface area contributed by atoms with Crippen molar-refractivity contribution >= 4 is 0 Å². The minimum atomic E-state index is 0.857. The van der Waals surface area contributed by atoms with Crippen LogP contribution in [0.25, 0.3) is 0 Å². The molecule has 0 bridgehead atoms. The molecule has 1 unspecified atom stereocenters. The Morgan fingerprint density at radius 3 is 2.15 bits per heavy atom. The maximum Gasteiger partial charge on any atom is 0.118 e. The molecule has 0 heterocycles. The molecule has 1 aromatic carbocycles. The van der Waals surface area contributed by atoms with E-state index in [0.717, 1.165) is 11.7 Å². The van der Waals surface area contributed by atoms with Gasteiger partial charge in [-0.15, -0.1) is 0 Å². The molecule has 20 heavy (non-hydrogen) atoms. The Balaban J connectivity index is 2.36. The fourth-order valence-corrected chi connectivity index (χ4v) is 2.89. The van der Waals surface area contributed by atoms with Crippen molar-refractivity contribution in [1.29, 1.82) is 0 Å². The molecule has 0 saturated heterocycles. The predicted molar refractivity (Wildman–Crippen MR) is 88.5 cm³/mol. The summed E-state index contributed by atoms with van der Waals surface area (Å²) in [4.78, 5) is 0. The van der Waals surface area contributed by atoms with Crippen molar-refractivity contribution in [3.05, 3.63) is 29.8 Å². The first-order valence-electron chi connectivity index (χ1n) is 8.43. The smallest absolute Gasteiger partial charge is 0.118 e. The summed E-state index contributed by atoms with van der Waals surface area (Å²) < 4.78 is 5.22. The zero-order valence-corrected chi connectivity index (χ0v) is 13.7. The zero-order valence-electron chi connectivity index (χ0n) is 13.7.